The van der Waals surface area contributed by atoms with Gasteiger partial charge in [-0.1, -0.05) is 6.42 Å². The SMILES string of the molecule is CN(C)CCN=C1CC(=O)c2sc(CN3CCCCC3)nc2C1=O. The zero-order chi connectivity index (χ0) is 17.1. The second-order valence-corrected chi connectivity index (χ2v) is 7.77. The molecular formula is C17H24N4O2S. The lowest BCUT2D eigenvalue weighted by atomic mass is 9.98. The van der Waals surface area contributed by atoms with Crippen LogP contribution in [-0.2, 0) is 6.54 Å². The molecule has 130 valence electrons. The van der Waals surface area contributed by atoms with Crippen LogP contribution in [0.4, 0.5) is 0 Å². The molecule has 24 heavy (non-hydrogen) atoms. The predicted molar refractivity (Wildman–Crippen MR) is 95.4 cm³/mol. The number of aliphatic imine (C=N–C) groups is 1. The van der Waals surface area contributed by atoms with Crippen molar-refractivity contribution in [3.05, 3.63) is 15.6 Å². The molecule has 0 N–H and O–H groups in total. The first-order valence-corrected chi connectivity index (χ1v) is 9.34. The Morgan fingerprint density at radius 2 is 1.96 bits per heavy atom. The molecule has 1 aliphatic carbocycles. The number of likely N-dealkylation sites (N-methyl/N-ethyl adjacent to an activating group) is 1. The molecule has 7 heteroatoms. The number of hydrogen-bond donors (Lipinski definition) is 0. The third kappa shape index (κ3) is 3.96. The Morgan fingerprint density at radius 3 is 2.67 bits per heavy atom. The number of aromatic nitrogens is 1. The van der Waals surface area contributed by atoms with Crippen LogP contribution in [0.2, 0.25) is 0 Å². The Bertz CT molecular complexity index is 660. The van der Waals surface area contributed by atoms with Gasteiger partial charge in [0.1, 0.15) is 15.6 Å². The number of thiazole rings is 1. The van der Waals surface area contributed by atoms with Crippen molar-refractivity contribution in [3.8, 4) is 0 Å². The number of Topliss-reactive ketones (excluding diaryl/α,β-unsaturated/α-hetero) is 2. The molecule has 1 saturated heterocycles. The molecule has 0 spiro atoms. The summed E-state index contributed by atoms with van der Waals surface area (Å²) in [4.78, 5) is 38.6. The summed E-state index contributed by atoms with van der Waals surface area (Å²) in [6.45, 7) is 4.18. The fourth-order valence-electron chi connectivity index (χ4n) is 3.05. The highest BCUT2D eigenvalue weighted by molar-refractivity contribution is 7.14. The minimum atomic E-state index is -0.162. The maximum absolute atomic E-state index is 12.6. The summed E-state index contributed by atoms with van der Waals surface area (Å²) in [7, 11) is 3.92. The average molecular weight is 348 g/mol. The van der Waals surface area contributed by atoms with Gasteiger partial charge in [0.2, 0.25) is 5.78 Å². The van der Waals surface area contributed by atoms with E-state index in [2.05, 4.69) is 14.9 Å². The lowest BCUT2D eigenvalue weighted by molar-refractivity contribution is 0.0966. The van der Waals surface area contributed by atoms with E-state index in [-0.39, 0.29) is 18.0 Å². The van der Waals surface area contributed by atoms with E-state index in [1.807, 2.05) is 19.0 Å². The van der Waals surface area contributed by atoms with Crippen molar-refractivity contribution in [1.29, 1.82) is 0 Å². The monoisotopic (exact) mass is 348 g/mol. The maximum Gasteiger partial charge on any atom is 0.227 e. The number of hydrogen-bond acceptors (Lipinski definition) is 7. The molecule has 1 aromatic rings. The van der Waals surface area contributed by atoms with Crippen LogP contribution in [0.5, 0.6) is 0 Å². The van der Waals surface area contributed by atoms with Crippen molar-refractivity contribution in [2.24, 2.45) is 4.99 Å². The van der Waals surface area contributed by atoms with Gasteiger partial charge in [-0.3, -0.25) is 19.5 Å². The average Bonchev–Trinajstić information content (AvgIpc) is 2.97. The van der Waals surface area contributed by atoms with Gasteiger partial charge < -0.3 is 4.90 Å². The van der Waals surface area contributed by atoms with Crippen molar-refractivity contribution >= 4 is 28.6 Å². The maximum atomic E-state index is 12.6. The van der Waals surface area contributed by atoms with E-state index in [1.54, 1.807) is 0 Å². The number of piperidine rings is 1. The summed E-state index contributed by atoms with van der Waals surface area (Å²) < 4.78 is 0. The molecule has 0 aromatic carbocycles. The molecule has 2 heterocycles. The molecule has 0 saturated carbocycles. The highest BCUT2D eigenvalue weighted by Gasteiger charge is 2.33. The van der Waals surface area contributed by atoms with Crippen molar-refractivity contribution in [2.75, 3.05) is 40.3 Å². The minimum absolute atomic E-state index is 0.0180. The third-order valence-electron chi connectivity index (χ3n) is 4.39. The quantitative estimate of drug-likeness (QED) is 0.813. The van der Waals surface area contributed by atoms with E-state index in [1.165, 1.54) is 30.6 Å². The van der Waals surface area contributed by atoms with Gasteiger partial charge in [0.05, 0.1) is 25.2 Å². The molecule has 6 nitrogen and oxygen atoms in total. The first-order chi connectivity index (χ1) is 11.5. The Labute approximate surface area is 146 Å². The molecule has 3 rings (SSSR count). The summed E-state index contributed by atoms with van der Waals surface area (Å²) in [5.41, 5.74) is 0.691. The van der Waals surface area contributed by atoms with Gasteiger partial charge in [-0.05, 0) is 40.0 Å². The molecule has 0 radical (unpaired) electrons. The van der Waals surface area contributed by atoms with Crippen LogP contribution < -0.4 is 0 Å². The molecule has 1 fully saturated rings. The highest BCUT2D eigenvalue weighted by atomic mass is 32.1. The van der Waals surface area contributed by atoms with Gasteiger partial charge in [-0.25, -0.2) is 4.98 Å². The fourth-order valence-corrected chi connectivity index (χ4v) is 4.09. The van der Waals surface area contributed by atoms with E-state index in [9.17, 15) is 9.59 Å². The molecule has 0 atom stereocenters. The molecule has 2 aliphatic rings. The number of nitrogens with zero attached hydrogens (tertiary/aromatic N) is 4. The largest absolute Gasteiger partial charge is 0.308 e. The molecule has 0 bridgehead atoms. The topological polar surface area (TPSA) is 65.9 Å². The minimum Gasteiger partial charge on any atom is -0.308 e. The smallest absolute Gasteiger partial charge is 0.227 e. The van der Waals surface area contributed by atoms with Crippen LogP contribution in [0.1, 0.15) is 50.9 Å². The standard InChI is InChI=1S/C17H24N4O2S/c1-20(2)9-6-18-12-10-13(22)17-15(16(12)23)19-14(24-17)11-21-7-4-3-5-8-21/h3-11H2,1-2H3. The van der Waals surface area contributed by atoms with E-state index in [0.29, 0.717) is 22.8 Å². The number of fused-ring (bicyclic) bond motifs is 1. The van der Waals surface area contributed by atoms with Gasteiger partial charge in [-0.15, -0.1) is 11.3 Å². The normalized spacial score (nSPS) is 20.9. The first-order valence-electron chi connectivity index (χ1n) is 8.52. The molecule has 1 aliphatic heterocycles. The number of carbonyl (C=O) groups is 2. The van der Waals surface area contributed by atoms with E-state index < -0.39 is 0 Å². The van der Waals surface area contributed by atoms with Crippen LogP contribution in [0.25, 0.3) is 0 Å². The predicted octanol–water partition coefficient (Wildman–Crippen LogP) is 1.90. The number of ketones is 2. The Balaban J connectivity index is 1.74. The van der Waals surface area contributed by atoms with Crippen LogP contribution in [-0.4, -0.2) is 72.3 Å². The van der Waals surface area contributed by atoms with E-state index in [0.717, 1.165) is 31.2 Å². The summed E-state index contributed by atoms with van der Waals surface area (Å²) in [6, 6.07) is 0. The Hall–Kier alpha value is -1.44. The second-order valence-electron chi connectivity index (χ2n) is 6.68. The molecule has 0 unspecified atom stereocenters. The van der Waals surface area contributed by atoms with Gasteiger partial charge >= 0.3 is 0 Å². The molecule has 0 amide bonds. The van der Waals surface area contributed by atoms with Gasteiger partial charge in [-0.2, -0.15) is 0 Å². The van der Waals surface area contributed by atoms with Crippen LogP contribution in [0.15, 0.2) is 4.99 Å². The summed E-state index contributed by atoms with van der Waals surface area (Å²) >= 11 is 1.39. The summed E-state index contributed by atoms with van der Waals surface area (Å²) in [6.07, 6.45) is 3.83. The van der Waals surface area contributed by atoms with Crippen molar-refractivity contribution < 1.29 is 9.59 Å². The Morgan fingerprint density at radius 1 is 1.21 bits per heavy atom. The van der Waals surface area contributed by atoms with Crippen molar-refractivity contribution in [1.82, 2.24) is 14.8 Å². The van der Waals surface area contributed by atoms with Gasteiger partial charge in [0.25, 0.3) is 0 Å². The van der Waals surface area contributed by atoms with Crippen LogP contribution >= 0.6 is 11.3 Å². The fraction of sp³-hybridized carbons (Fsp3) is 0.647. The number of rotatable bonds is 5. The van der Waals surface area contributed by atoms with Gasteiger partial charge in [0.15, 0.2) is 5.78 Å². The van der Waals surface area contributed by atoms with Crippen molar-refractivity contribution in [3.63, 3.8) is 0 Å². The second kappa shape index (κ2) is 7.63. The molecule has 1 aromatic heterocycles. The zero-order valence-electron chi connectivity index (χ0n) is 14.4. The lowest BCUT2D eigenvalue weighted by Gasteiger charge is -2.25. The van der Waals surface area contributed by atoms with Gasteiger partial charge in [0, 0.05) is 6.54 Å². The summed E-state index contributed by atoms with van der Waals surface area (Å²) in [5, 5.41) is 0.873. The van der Waals surface area contributed by atoms with Crippen LogP contribution in [0, 0.1) is 0 Å². The lowest BCUT2D eigenvalue weighted by Crippen LogP contribution is -2.29. The van der Waals surface area contributed by atoms with Crippen molar-refractivity contribution in [2.45, 2.75) is 32.2 Å². The van der Waals surface area contributed by atoms with Crippen LogP contribution in [0.3, 0.4) is 0 Å². The number of carbonyl (C=O) groups excluding carboxylic acids is 2. The first kappa shape index (κ1) is 17.4. The van der Waals surface area contributed by atoms with E-state index >= 15 is 0 Å². The Kier molecular flexibility index (Phi) is 5.53. The number of likely N-dealkylation sites (tertiary alicyclic amines) is 1. The molecular weight excluding hydrogens is 324 g/mol. The zero-order valence-corrected chi connectivity index (χ0v) is 15.2. The summed E-state index contributed by atoms with van der Waals surface area (Å²) in [5.74, 6) is -0.180. The third-order valence-corrected chi connectivity index (χ3v) is 5.47. The highest BCUT2D eigenvalue weighted by Crippen LogP contribution is 2.27. The van der Waals surface area contributed by atoms with E-state index in [4.69, 9.17) is 0 Å².